The lowest BCUT2D eigenvalue weighted by Gasteiger charge is -2.35. The third-order valence-corrected chi connectivity index (χ3v) is 5.75. The Bertz CT molecular complexity index is 768. The van der Waals surface area contributed by atoms with E-state index >= 15 is 0 Å². The molecule has 4 N–H and O–H groups in total. The Morgan fingerprint density at radius 3 is 2.78 bits per heavy atom. The fourth-order valence-corrected chi connectivity index (χ4v) is 3.98. The number of nitrogens with one attached hydrogen (secondary N) is 3. The molecule has 2 aliphatic heterocycles. The van der Waals surface area contributed by atoms with Crippen molar-refractivity contribution in [1.82, 2.24) is 20.9 Å². The number of aliphatic imine (C=N–C) groups is 1. The van der Waals surface area contributed by atoms with Gasteiger partial charge in [0.15, 0.2) is 5.96 Å². The molecule has 2 amide bonds. The zero-order valence-electron chi connectivity index (χ0n) is 15.8. The number of urea groups is 1. The van der Waals surface area contributed by atoms with Crippen LogP contribution in [-0.2, 0) is 6.54 Å². The zero-order valence-corrected chi connectivity index (χ0v) is 15.8. The number of guanidine groups is 1. The van der Waals surface area contributed by atoms with Gasteiger partial charge in [-0.1, -0.05) is 30.3 Å². The second-order valence-corrected chi connectivity index (χ2v) is 8.04. The summed E-state index contributed by atoms with van der Waals surface area (Å²) in [5, 5.41) is 19.2. The Kier molecular flexibility index (Phi) is 4.55. The van der Waals surface area contributed by atoms with Gasteiger partial charge < -0.3 is 26.0 Å². The number of fused-ring (bicyclic) bond motifs is 1. The first-order chi connectivity index (χ1) is 12.9. The molecule has 3 aliphatic rings. The van der Waals surface area contributed by atoms with Gasteiger partial charge in [0.25, 0.3) is 0 Å². The van der Waals surface area contributed by atoms with Crippen molar-refractivity contribution in [3.63, 3.8) is 0 Å². The van der Waals surface area contributed by atoms with Crippen LogP contribution in [0.4, 0.5) is 4.79 Å². The molecule has 1 atom stereocenters. The second kappa shape index (κ2) is 6.88. The minimum absolute atomic E-state index is 0.0486. The molecule has 0 aromatic heterocycles. The molecular formula is C20H27N5O2. The van der Waals surface area contributed by atoms with Crippen LogP contribution in [0.5, 0.6) is 0 Å². The Morgan fingerprint density at radius 2 is 2.07 bits per heavy atom. The number of hydrogen-bond acceptors (Lipinski definition) is 5. The van der Waals surface area contributed by atoms with E-state index in [1.807, 2.05) is 41.4 Å². The number of rotatable bonds is 3. The summed E-state index contributed by atoms with van der Waals surface area (Å²) >= 11 is 0. The van der Waals surface area contributed by atoms with Crippen LogP contribution in [0.15, 0.2) is 47.1 Å². The molecule has 0 bridgehead atoms. The molecule has 1 aromatic carbocycles. The topological polar surface area (TPSA) is 89.0 Å². The van der Waals surface area contributed by atoms with Gasteiger partial charge in [-0.2, -0.15) is 0 Å². The summed E-state index contributed by atoms with van der Waals surface area (Å²) in [5.41, 5.74) is 1.78. The molecule has 2 heterocycles. The normalized spacial score (nSPS) is 28.3. The van der Waals surface area contributed by atoms with Gasteiger partial charge >= 0.3 is 6.03 Å². The number of amides is 2. The maximum atomic E-state index is 12.8. The summed E-state index contributed by atoms with van der Waals surface area (Å²) in [7, 11) is 0. The molecule has 1 saturated heterocycles. The largest absolute Gasteiger partial charge is 0.393 e. The van der Waals surface area contributed by atoms with Crippen molar-refractivity contribution in [2.45, 2.75) is 57.0 Å². The Morgan fingerprint density at radius 1 is 1.33 bits per heavy atom. The van der Waals surface area contributed by atoms with E-state index < -0.39 is 5.54 Å². The molecule has 27 heavy (non-hydrogen) atoms. The van der Waals surface area contributed by atoms with Crippen molar-refractivity contribution in [3.05, 3.63) is 47.7 Å². The lowest BCUT2D eigenvalue weighted by Crippen LogP contribution is -2.54. The Hall–Kier alpha value is -2.54. The first-order valence-corrected chi connectivity index (χ1v) is 9.52. The summed E-state index contributed by atoms with van der Waals surface area (Å²) in [6.07, 6.45) is 3.18. The number of hydrogen-bond donors (Lipinski definition) is 4. The summed E-state index contributed by atoms with van der Waals surface area (Å²) in [5.74, 6) is 0.725. The molecular weight excluding hydrogens is 342 g/mol. The number of aliphatic hydroxyl groups is 1. The van der Waals surface area contributed by atoms with Crippen molar-refractivity contribution in [1.29, 1.82) is 0 Å². The van der Waals surface area contributed by atoms with Gasteiger partial charge in [-0.15, -0.1) is 0 Å². The number of benzene rings is 1. The quantitative estimate of drug-likeness (QED) is 0.647. The molecule has 4 rings (SSSR count). The van der Waals surface area contributed by atoms with E-state index in [-0.39, 0.29) is 24.2 Å². The highest BCUT2D eigenvalue weighted by molar-refractivity contribution is 5.84. The average molecular weight is 369 g/mol. The van der Waals surface area contributed by atoms with Crippen molar-refractivity contribution >= 4 is 12.0 Å². The van der Waals surface area contributed by atoms with Crippen molar-refractivity contribution in [2.75, 3.05) is 6.54 Å². The van der Waals surface area contributed by atoms with Gasteiger partial charge in [-0.25, -0.2) is 9.79 Å². The standard InChI is InChI=1S/C20H27N5O2/c1-20(2)16-11-21-18(23-14-8-15(26)9-14)24-17(16)12-25(20)19(27)22-10-13-6-4-3-5-7-13/h3-7,11,14-15,17,26H,8-10,12H2,1-2H3,(H,22,27)(H2,21,23,24)/t14-,15+,17?. The van der Waals surface area contributed by atoms with E-state index in [4.69, 9.17) is 0 Å². The highest BCUT2D eigenvalue weighted by Gasteiger charge is 2.47. The summed E-state index contributed by atoms with van der Waals surface area (Å²) < 4.78 is 0. The molecule has 144 valence electrons. The Labute approximate surface area is 159 Å². The van der Waals surface area contributed by atoms with Gasteiger partial charge in [0.2, 0.25) is 0 Å². The smallest absolute Gasteiger partial charge is 0.318 e. The van der Waals surface area contributed by atoms with Gasteiger partial charge in [0.1, 0.15) is 0 Å². The fraction of sp³-hybridized carbons (Fsp3) is 0.500. The molecule has 1 saturated carbocycles. The minimum atomic E-state index is -0.403. The maximum absolute atomic E-state index is 12.8. The number of likely N-dealkylation sites (tertiary alicyclic amines) is 1. The number of nitrogens with zero attached hydrogens (tertiary/aromatic N) is 2. The highest BCUT2D eigenvalue weighted by Crippen LogP contribution is 2.35. The van der Waals surface area contributed by atoms with E-state index in [0.29, 0.717) is 13.1 Å². The molecule has 1 aromatic rings. The fourth-order valence-electron chi connectivity index (χ4n) is 3.98. The van der Waals surface area contributed by atoms with Crippen LogP contribution in [0, 0.1) is 0 Å². The summed E-state index contributed by atoms with van der Waals surface area (Å²) in [4.78, 5) is 19.2. The van der Waals surface area contributed by atoms with E-state index in [1.165, 1.54) is 0 Å². The van der Waals surface area contributed by atoms with E-state index in [9.17, 15) is 9.90 Å². The van der Waals surface area contributed by atoms with Crippen LogP contribution in [0.3, 0.4) is 0 Å². The van der Waals surface area contributed by atoms with E-state index in [1.54, 1.807) is 0 Å². The third-order valence-electron chi connectivity index (χ3n) is 5.75. The SMILES string of the molecule is CC1(C)C2=CN=C(N[C@H]3C[C@@H](O)C3)NC2CN1C(=O)NCc1ccccc1. The summed E-state index contributed by atoms with van der Waals surface area (Å²) in [6.45, 7) is 5.21. The summed E-state index contributed by atoms with van der Waals surface area (Å²) in [6, 6.07) is 10.2. The molecule has 0 spiro atoms. The molecule has 7 heteroatoms. The van der Waals surface area contributed by atoms with Crippen molar-refractivity contribution in [2.24, 2.45) is 4.99 Å². The first kappa shape index (κ1) is 17.9. The van der Waals surface area contributed by atoms with Crippen LogP contribution in [0.2, 0.25) is 0 Å². The average Bonchev–Trinajstić information content (AvgIpc) is 2.90. The van der Waals surface area contributed by atoms with Crippen LogP contribution in [0.1, 0.15) is 32.3 Å². The third kappa shape index (κ3) is 3.51. The molecule has 1 unspecified atom stereocenters. The van der Waals surface area contributed by atoms with Crippen molar-refractivity contribution < 1.29 is 9.90 Å². The number of carbonyl (C=O) groups is 1. The van der Waals surface area contributed by atoms with Crippen LogP contribution in [-0.4, -0.2) is 52.3 Å². The highest BCUT2D eigenvalue weighted by atomic mass is 16.3. The first-order valence-electron chi connectivity index (χ1n) is 9.52. The predicted octanol–water partition coefficient (Wildman–Crippen LogP) is 1.32. The van der Waals surface area contributed by atoms with Crippen LogP contribution < -0.4 is 16.0 Å². The number of carbonyl (C=O) groups excluding carboxylic acids is 1. The zero-order chi connectivity index (χ0) is 19.0. The monoisotopic (exact) mass is 369 g/mol. The predicted molar refractivity (Wildman–Crippen MR) is 104 cm³/mol. The molecule has 1 aliphatic carbocycles. The van der Waals surface area contributed by atoms with Crippen LogP contribution >= 0.6 is 0 Å². The van der Waals surface area contributed by atoms with Gasteiger partial charge in [0, 0.05) is 25.3 Å². The molecule has 7 nitrogen and oxygen atoms in total. The van der Waals surface area contributed by atoms with Crippen LogP contribution in [0.25, 0.3) is 0 Å². The lowest BCUT2D eigenvalue weighted by molar-refractivity contribution is 0.0694. The van der Waals surface area contributed by atoms with Gasteiger partial charge in [-0.05, 0) is 37.8 Å². The van der Waals surface area contributed by atoms with E-state index in [2.05, 4.69) is 34.8 Å². The van der Waals surface area contributed by atoms with E-state index in [0.717, 1.165) is 29.9 Å². The van der Waals surface area contributed by atoms with Gasteiger partial charge in [0.05, 0.1) is 17.7 Å². The Balaban J connectivity index is 1.38. The second-order valence-electron chi connectivity index (χ2n) is 8.04. The van der Waals surface area contributed by atoms with Gasteiger partial charge in [-0.3, -0.25) is 0 Å². The lowest BCUT2D eigenvalue weighted by atomic mass is 9.89. The molecule has 2 fully saturated rings. The number of aliphatic hydroxyl groups excluding tert-OH is 1. The minimum Gasteiger partial charge on any atom is -0.393 e. The molecule has 0 radical (unpaired) electrons. The maximum Gasteiger partial charge on any atom is 0.318 e. The van der Waals surface area contributed by atoms with Crippen molar-refractivity contribution in [3.8, 4) is 0 Å².